The lowest BCUT2D eigenvalue weighted by atomic mass is 10.2. The second-order valence-electron chi connectivity index (χ2n) is 3.40. The van der Waals surface area contributed by atoms with Crippen molar-refractivity contribution < 1.29 is 13.2 Å². The molecule has 0 aromatic heterocycles. The van der Waals surface area contributed by atoms with Gasteiger partial charge in [-0.05, 0) is 12.1 Å². The average molecular weight is 243 g/mol. The van der Waals surface area contributed by atoms with Gasteiger partial charge in [0.2, 0.25) is 0 Å². The fourth-order valence-electron chi connectivity index (χ4n) is 1.60. The molecule has 1 aromatic carbocycles. The lowest BCUT2D eigenvalue weighted by Crippen LogP contribution is -2.29. The molecule has 0 spiro atoms. The van der Waals surface area contributed by atoms with Crippen molar-refractivity contribution in [2.75, 3.05) is 30.2 Å². The number of nitrogens with zero attached hydrogens (tertiary/aromatic N) is 1. The molecule has 1 fully saturated rings. The molecule has 2 rings (SSSR count). The van der Waals surface area contributed by atoms with E-state index in [1.807, 2.05) is 0 Å². The maximum Gasteiger partial charge on any atom is 0.301 e. The van der Waals surface area contributed by atoms with Gasteiger partial charge in [-0.2, -0.15) is 13.1 Å². The van der Waals surface area contributed by atoms with Gasteiger partial charge in [-0.3, -0.25) is 4.31 Å². The number of methoxy groups -OCH3 is 1. The van der Waals surface area contributed by atoms with Crippen molar-refractivity contribution in [3.8, 4) is 5.75 Å². The summed E-state index contributed by atoms with van der Waals surface area (Å²) in [5.41, 5.74) is 6.69. The largest absolute Gasteiger partial charge is 0.495 e. The monoisotopic (exact) mass is 243 g/mol. The Morgan fingerprint density at radius 2 is 2.25 bits per heavy atom. The van der Waals surface area contributed by atoms with Crippen molar-refractivity contribution in [2.24, 2.45) is 0 Å². The number of hydrogen-bond donors (Lipinski definition) is 2. The minimum Gasteiger partial charge on any atom is -0.495 e. The Labute approximate surface area is 94.2 Å². The van der Waals surface area contributed by atoms with Gasteiger partial charge >= 0.3 is 10.2 Å². The Morgan fingerprint density at radius 1 is 1.50 bits per heavy atom. The normalized spacial score (nSPS) is 18.7. The van der Waals surface area contributed by atoms with Crippen LogP contribution in [0.2, 0.25) is 0 Å². The highest BCUT2D eigenvalue weighted by Gasteiger charge is 2.28. The maximum atomic E-state index is 11.6. The van der Waals surface area contributed by atoms with Crippen LogP contribution in [0.4, 0.5) is 11.4 Å². The Hall–Kier alpha value is -1.47. The van der Waals surface area contributed by atoms with E-state index in [-0.39, 0.29) is 0 Å². The number of nitrogens with two attached hydrogens (primary N) is 1. The quantitative estimate of drug-likeness (QED) is 0.712. The molecule has 1 saturated heterocycles. The Morgan fingerprint density at radius 3 is 2.81 bits per heavy atom. The average Bonchev–Trinajstić information content (AvgIpc) is 2.59. The van der Waals surface area contributed by atoms with E-state index in [0.29, 0.717) is 30.2 Å². The minimum absolute atomic E-state index is 0.412. The van der Waals surface area contributed by atoms with Crippen LogP contribution in [-0.2, 0) is 10.2 Å². The number of benzene rings is 1. The lowest BCUT2D eigenvalue weighted by molar-refractivity contribution is 0.417. The summed E-state index contributed by atoms with van der Waals surface area (Å²) in [6.45, 7) is 0.824. The summed E-state index contributed by atoms with van der Waals surface area (Å²) in [7, 11) is -1.90. The van der Waals surface area contributed by atoms with Crippen LogP contribution < -0.4 is 19.5 Å². The molecule has 1 aromatic rings. The molecular weight excluding hydrogens is 230 g/mol. The van der Waals surface area contributed by atoms with Crippen LogP contribution in [0.3, 0.4) is 0 Å². The van der Waals surface area contributed by atoms with Crippen molar-refractivity contribution in [1.82, 2.24) is 4.72 Å². The van der Waals surface area contributed by atoms with Gasteiger partial charge in [-0.25, -0.2) is 0 Å². The lowest BCUT2D eigenvalue weighted by Gasteiger charge is -2.17. The van der Waals surface area contributed by atoms with Gasteiger partial charge in [0.15, 0.2) is 0 Å². The van der Waals surface area contributed by atoms with Crippen LogP contribution in [0.1, 0.15) is 0 Å². The third-order valence-corrected chi connectivity index (χ3v) is 3.94. The molecule has 1 aliphatic rings. The maximum absolute atomic E-state index is 11.6. The molecule has 88 valence electrons. The van der Waals surface area contributed by atoms with E-state index >= 15 is 0 Å². The van der Waals surface area contributed by atoms with E-state index in [2.05, 4.69) is 4.72 Å². The molecule has 7 heteroatoms. The summed E-state index contributed by atoms with van der Waals surface area (Å²) >= 11 is 0. The molecule has 0 aliphatic carbocycles. The number of anilines is 2. The van der Waals surface area contributed by atoms with E-state index in [1.54, 1.807) is 18.2 Å². The highest BCUT2D eigenvalue weighted by atomic mass is 32.2. The third-order valence-electron chi connectivity index (χ3n) is 2.39. The van der Waals surface area contributed by atoms with E-state index in [4.69, 9.17) is 10.5 Å². The number of rotatable bonds is 2. The molecule has 3 N–H and O–H groups in total. The second kappa shape index (κ2) is 3.84. The van der Waals surface area contributed by atoms with E-state index in [1.165, 1.54) is 11.4 Å². The van der Waals surface area contributed by atoms with Crippen LogP contribution in [0.25, 0.3) is 0 Å². The van der Waals surface area contributed by atoms with Gasteiger partial charge in [-0.15, -0.1) is 0 Å². The highest BCUT2D eigenvalue weighted by molar-refractivity contribution is 7.91. The molecular formula is C9H13N3O3S. The molecule has 16 heavy (non-hydrogen) atoms. The van der Waals surface area contributed by atoms with E-state index in [0.717, 1.165) is 0 Å². The fraction of sp³-hybridized carbons (Fsp3) is 0.333. The van der Waals surface area contributed by atoms with Crippen molar-refractivity contribution in [3.63, 3.8) is 0 Å². The molecule has 0 atom stereocenters. The highest BCUT2D eigenvalue weighted by Crippen LogP contribution is 2.29. The molecule has 0 saturated carbocycles. The zero-order valence-electron chi connectivity index (χ0n) is 8.80. The molecule has 1 aliphatic heterocycles. The summed E-state index contributed by atoms with van der Waals surface area (Å²) in [5, 5.41) is 0. The molecule has 0 bridgehead atoms. The number of ether oxygens (including phenoxy) is 1. The van der Waals surface area contributed by atoms with Gasteiger partial charge in [0, 0.05) is 19.2 Å². The molecule has 1 heterocycles. The van der Waals surface area contributed by atoms with Crippen LogP contribution in [-0.4, -0.2) is 28.6 Å². The first-order valence-electron chi connectivity index (χ1n) is 4.75. The number of nitrogen functional groups attached to an aromatic ring is 1. The first-order valence-corrected chi connectivity index (χ1v) is 6.19. The summed E-state index contributed by atoms with van der Waals surface area (Å²) in [6, 6.07) is 4.89. The van der Waals surface area contributed by atoms with Crippen molar-refractivity contribution >= 4 is 21.6 Å². The number of hydrogen-bond acceptors (Lipinski definition) is 4. The zero-order valence-corrected chi connectivity index (χ0v) is 9.62. The van der Waals surface area contributed by atoms with Crippen molar-refractivity contribution in [1.29, 1.82) is 0 Å². The molecule has 0 unspecified atom stereocenters. The first kappa shape index (κ1) is 11.0. The van der Waals surface area contributed by atoms with Gasteiger partial charge in [0.25, 0.3) is 0 Å². The summed E-state index contributed by atoms with van der Waals surface area (Å²) in [6.07, 6.45) is 0. The Balaban J connectivity index is 2.41. The fourth-order valence-corrected chi connectivity index (χ4v) is 2.82. The van der Waals surface area contributed by atoms with Gasteiger partial charge in [0.05, 0.1) is 18.5 Å². The molecule has 0 radical (unpaired) electrons. The molecule has 0 amide bonds. The smallest absolute Gasteiger partial charge is 0.301 e. The van der Waals surface area contributed by atoms with Gasteiger partial charge in [0.1, 0.15) is 5.75 Å². The summed E-state index contributed by atoms with van der Waals surface area (Å²) in [5.74, 6) is 0.472. The van der Waals surface area contributed by atoms with Crippen LogP contribution >= 0.6 is 0 Å². The van der Waals surface area contributed by atoms with Gasteiger partial charge in [-0.1, -0.05) is 0 Å². The standard InChI is InChI=1S/C9H13N3O3S/c1-15-9-6-7(2-3-8(9)10)12-5-4-11-16(12,13)14/h2-3,6,11H,4-5,10H2,1H3. The van der Waals surface area contributed by atoms with Crippen LogP contribution in [0.5, 0.6) is 5.75 Å². The third kappa shape index (κ3) is 1.79. The topological polar surface area (TPSA) is 84.7 Å². The number of nitrogens with one attached hydrogen (secondary N) is 1. The van der Waals surface area contributed by atoms with Crippen molar-refractivity contribution in [3.05, 3.63) is 18.2 Å². The van der Waals surface area contributed by atoms with E-state index in [9.17, 15) is 8.42 Å². The predicted molar refractivity (Wildman–Crippen MR) is 61.7 cm³/mol. The predicted octanol–water partition coefficient (Wildman–Crippen LogP) is -0.0682. The molecule has 6 nitrogen and oxygen atoms in total. The first-order chi connectivity index (χ1) is 7.54. The summed E-state index contributed by atoms with van der Waals surface area (Å²) < 4.78 is 31.9. The van der Waals surface area contributed by atoms with Crippen molar-refractivity contribution in [2.45, 2.75) is 0 Å². The second-order valence-corrected chi connectivity index (χ2v) is 5.08. The zero-order chi connectivity index (χ0) is 11.8. The Bertz CT molecular complexity index is 501. The van der Waals surface area contributed by atoms with Crippen LogP contribution in [0, 0.1) is 0 Å². The van der Waals surface area contributed by atoms with Gasteiger partial charge < -0.3 is 10.5 Å². The minimum atomic E-state index is -3.39. The SMILES string of the molecule is COc1cc(N2CCNS2(=O)=O)ccc1N. The van der Waals surface area contributed by atoms with E-state index < -0.39 is 10.2 Å². The Kier molecular flexibility index (Phi) is 2.64. The van der Waals surface area contributed by atoms with Crippen LogP contribution in [0.15, 0.2) is 18.2 Å². The summed E-state index contributed by atoms with van der Waals surface area (Å²) in [4.78, 5) is 0.